The van der Waals surface area contributed by atoms with E-state index in [1.165, 1.54) is 4.90 Å². The summed E-state index contributed by atoms with van der Waals surface area (Å²) in [5, 5.41) is 11.3. The lowest BCUT2D eigenvalue weighted by Gasteiger charge is -2.16. The van der Waals surface area contributed by atoms with Crippen LogP contribution in [0.1, 0.15) is 18.7 Å². The van der Waals surface area contributed by atoms with Crippen LogP contribution >= 0.6 is 0 Å². The Morgan fingerprint density at radius 3 is 2.86 bits per heavy atom. The molecule has 0 saturated carbocycles. The standard InChI is InChI=1S/C15H20N4O3/c1-19(10-8-14(20)21)15(22)16-9-4-7-13-17-11-5-2-3-6-12(11)18-13/h2-3,5-6H,4,7-10H2,1H3,(H,16,22)(H,17,18)(H,20,21). The number of carboxylic acid groups (broad SMARTS) is 1. The van der Waals surface area contributed by atoms with E-state index in [1.807, 2.05) is 24.3 Å². The second kappa shape index (κ2) is 7.44. The number of nitrogens with one attached hydrogen (secondary N) is 2. The Labute approximate surface area is 128 Å². The fraction of sp³-hybridized carbons (Fsp3) is 0.400. The van der Waals surface area contributed by atoms with E-state index in [1.54, 1.807) is 7.05 Å². The zero-order valence-electron chi connectivity index (χ0n) is 12.5. The number of amides is 2. The molecule has 7 heteroatoms. The minimum absolute atomic E-state index is 0.0527. The average molecular weight is 304 g/mol. The van der Waals surface area contributed by atoms with E-state index in [-0.39, 0.29) is 19.0 Å². The van der Waals surface area contributed by atoms with E-state index in [9.17, 15) is 9.59 Å². The predicted molar refractivity (Wildman–Crippen MR) is 82.7 cm³/mol. The van der Waals surface area contributed by atoms with Crippen molar-refractivity contribution in [2.24, 2.45) is 0 Å². The van der Waals surface area contributed by atoms with Crippen LogP contribution in [0.2, 0.25) is 0 Å². The SMILES string of the molecule is CN(CCC(=O)O)C(=O)NCCCc1nc2ccccc2[nH]1. The number of rotatable bonds is 7. The van der Waals surface area contributed by atoms with Crippen LogP contribution < -0.4 is 5.32 Å². The van der Waals surface area contributed by atoms with E-state index < -0.39 is 5.97 Å². The molecule has 2 aromatic rings. The van der Waals surface area contributed by atoms with Crippen LogP contribution in [0.15, 0.2) is 24.3 Å². The van der Waals surface area contributed by atoms with Crippen LogP contribution in [0.3, 0.4) is 0 Å². The maximum Gasteiger partial charge on any atom is 0.317 e. The molecule has 1 aromatic heterocycles. The van der Waals surface area contributed by atoms with Crippen LogP contribution in [0, 0.1) is 0 Å². The molecule has 22 heavy (non-hydrogen) atoms. The summed E-state index contributed by atoms with van der Waals surface area (Å²) in [5.74, 6) is -0.0146. The number of benzene rings is 1. The summed E-state index contributed by atoms with van der Waals surface area (Å²) < 4.78 is 0. The highest BCUT2D eigenvalue weighted by Crippen LogP contribution is 2.11. The molecule has 0 aliphatic rings. The maximum absolute atomic E-state index is 11.7. The van der Waals surface area contributed by atoms with Gasteiger partial charge in [0.15, 0.2) is 0 Å². The molecule has 7 nitrogen and oxygen atoms in total. The van der Waals surface area contributed by atoms with Crippen molar-refractivity contribution in [3.05, 3.63) is 30.1 Å². The van der Waals surface area contributed by atoms with E-state index in [0.717, 1.165) is 29.7 Å². The van der Waals surface area contributed by atoms with Gasteiger partial charge in [0.2, 0.25) is 0 Å². The molecule has 1 aromatic carbocycles. The summed E-state index contributed by atoms with van der Waals surface area (Å²) in [6, 6.07) is 7.57. The van der Waals surface area contributed by atoms with Gasteiger partial charge in [0.1, 0.15) is 5.82 Å². The minimum atomic E-state index is -0.912. The highest BCUT2D eigenvalue weighted by molar-refractivity contribution is 5.75. The summed E-state index contributed by atoms with van der Waals surface area (Å²) in [4.78, 5) is 31.2. The Morgan fingerprint density at radius 2 is 2.14 bits per heavy atom. The van der Waals surface area contributed by atoms with Crippen LogP contribution in [0.5, 0.6) is 0 Å². The van der Waals surface area contributed by atoms with Crippen molar-refractivity contribution in [2.45, 2.75) is 19.3 Å². The second-order valence-corrected chi connectivity index (χ2v) is 5.10. The first kappa shape index (κ1) is 15.8. The third-order valence-corrected chi connectivity index (χ3v) is 3.31. The zero-order valence-corrected chi connectivity index (χ0v) is 12.5. The van der Waals surface area contributed by atoms with Crippen LogP contribution in [0.25, 0.3) is 11.0 Å². The molecule has 0 bridgehead atoms. The highest BCUT2D eigenvalue weighted by atomic mass is 16.4. The third kappa shape index (κ3) is 4.47. The molecule has 118 valence electrons. The summed E-state index contributed by atoms with van der Waals surface area (Å²) in [6.45, 7) is 0.720. The van der Waals surface area contributed by atoms with E-state index >= 15 is 0 Å². The molecule has 0 aliphatic carbocycles. The van der Waals surface area contributed by atoms with Crippen molar-refractivity contribution in [3.63, 3.8) is 0 Å². The number of carboxylic acids is 1. The van der Waals surface area contributed by atoms with Crippen molar-refractivity contribution in [2.75, 3.05) is 20.1 Å². The van der Waals surface area contributed by atoms with Gasteiger partial charge in [-0.15, -0.1) is 0 Å². The Morgan fingerprint density at radius 1 is 1.36 bits per heavy atom. The predicted octanol–water partition coefficient (Wildman–Crippen LogP) is 1.61. The number of fused-ring (bicyclic) bond motifs is 1. The molecule has 0 atom stereocenters. The number of carbonyl (C=O) groups excluding carboxylic acids is 1. The van der Waals surface area contributed by atoms with Crippen molar-refractivity contribution in [1.29, 1.82) is 0 Å². The summed E-state index contributed by atoms with van der Waals surface area (Å²) >= 11 is 0. The largest absolute Gasteiger partial charge is 0.481 e. The number of aliphatic carboxylic acids is 1. The number of carbonyl (C=O) groups is 2. The van der Waals surface area contributed by atoms with Crippen LogP contribution in [-0.2, 0) is 11.2 Å². The van der Waals surface area contributed by atoms with Gasteiger partial charge in [-0.1, -0.05) is 12.1 Å². The topological polar surface area (TPSA) is 98.3 Å². The number of aromatic nitrogens is 2. The van der Waals surface area contributed by atoms with Crippen molar-refractivity contribution >= 4 is 23.0 Å². The molecule has 2 rings (SSSR count). The fourth-order valence-electron chi connectivity index (χ4n) is 2.08. The van der Waals surface area contributed by atoms with Gasteiger partial charge >= 0.3 is 12.0 Å². The molecule has 0 aliphatic heterocycles. The Bertz CT molecular complexity index is 620. The third-order valence-electron chi connectivity index (χ3n) is 3.31. The monoisotopic (exact) mass is 304 g/mol. The van der Waals surface area contributed by atoms with Crippen LogP contribution in [0.4, 0.5) is 4.79 Å². The number of hydrogen-bond acceptors (Lipinski definition) is 3. The first-order valence-corrected chi connectivity index (χ1v) is 7.20. The number of para-hydroxylation sites is 2. The number of nitrogens with zero attached hydrogens (tertiary/aromatic N) is 2. The fourth-order valence-corrected chi connectivity index (χ4v) is 2.08. The van der Waals surface area contributed by atoms with Crippen molar-refractivity contribution in [1.82, 2.24) is 20.2 Å². The van der Waals surface area contributed by atoms with Crippen molar-refractivity contribution in [3.8, 4) is 0 Å². The molecule has 0 fully saturated rings. The number of imidazole rings is 1. The Hall–Kier alpha value is -2.57. The molecular formula is C15H20N4O3. The van der Waals surface area contributed by atoms with Gasteiger partial charge in [0, 0.05) is 26.6 Å². The van der Waals surface area contributed by atoms with E-state index in [4.69, 9.17) is 5.11 Å². The van der Waals surface area contributed by atoms with Gasteiger partial charge in [0.05, 0.1) is 17.5 Å². The lowest BCUT2D eigenvalue weighted by Crippen LogP contribution is -2.38. The highest BCUT2D eigenvalue weighted by Gasteiger charge is 2.09. The quantitative estimate of drug-likeness (QED) is 0.677. The Balaban J connectivity index is 1.70. The lowest BCUT2D eigenvalue weighted by atomic mass is 10.3. The second-order valence-electron chi connectivity index (χ2n) is 5.10. The smallest absolute Gasteiger partial charge is 0.317 e. The van der Waals surface area contributed by atoms with Crippen LogP contribution in [-0.4, -0.2) is 52.1 Å². The van der Waals surface area contributed by atoms with Gasteiger partial charge in [-0.3, -0.25) is 4.79 Å². The van der Waals surface area contributed by atoms with Gasteiger partial charge in [-0.05, 0) is 18.6 Å². The summed E-state index contributed by atoms with van der Waals surface area (Å²) in [7, 11) is 1.58. The number of aromatic amines is 1. The van der Waals surface area contributed by atoms with Gasteiger partial charge in [0.25, 0.3) is 0 Å². The number of aryl methyl sites for hydroxylation is 1. The molecule has 0 saturated heterocycles. The van der Waals surface area contributed by atoms with Gasteiger partial charge < -0.3 is 20.3 Å². The molecule has 2 amide bonds. The number of hydrogen-bond donors (Lipinski definition) is 3. The van der Waals surface area contributed by atoms with E-state index in [2.05, 4.69) is 15.3 Å². The lowest BCUT2D eigenvalue weighted by molar-refractivity contribution is -0.137. The van der Waals surface area contributed by atoms with E-state index in [0.29, 0.717) is 6.54 Å². The number of H-pyrrole nitrogens is 1. The molecule has 3 N–H and O–H groups in total. The van der Waals surface area contributed by atoms with Gasteiger partial charge in [-0.2, -0.15) is 0 Å². The molecule has 0 unspecified atom stereocenters. The maximum atomic E-state index is 11.7. The van der Waals surface area contributed by atoms with Gasteiger partial charge in [-0.25, -0.2) is 9.78 Å². The number of urea groups is 1. The van der Waals surface area contributed by atoms with Crippen molar-refractivity contribution < 1.29 is 14.7 Å². The summed E-state index contributed by atoms with van der Waals surface area (Å²) in [6.07, 6.45) is 1.45. The first-order chi connectivity index (χ1) is 10.6. The minimum Gasteiger partial charge on any atom is -0.481 e. The Kier molecular flexibility index (Phi) is 5.35. The average Bonchev–Trinajstić information content (AvgIpc) is 2.91. The molecular weight excluding hydrogens is 284 g/mol. The summed E-state index contributed by atoms with van der Waals surface area (Å²) in [5.41, 5.74) is 1.95. The first-order valence-electron chi connectivity index (χ1n) is 7.20. The zero-order chi connectivity index (χ0) is 15.9. The molecule has 0 radical (unpaired) electrons. The molecule has 0 spiro atoms. The normalized spacial score (nSPS) is 10.6. The molecule has 1 heterocycles.